The molecule has 4 nitrogen and oxygen atoms in total. The summed E-state index contributed by atoms with van der Waals surface area (Å²) in [7, 11) is 0. The lowest BCUT2D eigenvalue weighted by Crippen LogP contribution is -2.65. The van der Waals surface area contributed by atoms with Gasteiger partial charge >= 0.3 is 5.97 Å². The first-order valence-corrected chi connectivity index (χ1v) is 13.9. The van der Waals surface area contributed by atoms with Crippen molar-refractivity contribution in [3.05, 3.63) is 11.6 Å². The van der Waals surface area contributed by atoms with Gasteiger partial charge in [-0.3, -0.25) is 4.79 Å². The quantitative estimate of drug-likeness (QED) is 0.418. The fraction of sp³-hybridized carbons (Fsp3) is 0.900. The van der Waals surface area contributed by atoms with Gasteiger partial charge in [-0.1, -0.05) is 53.2 Å². The number of rotatable bonds is 2. The number of aliphatic hydroxyl groups excluding tert-OH is 2. The van der Waals surface area contributed by atoms with Crippen LogP contribution < -0.4 is 0 Å². The van der Waals surface area contributed by atoms with E-state index in [1.54, 1.807) is 0 Å². The summed E-state index contributed by atoms with van der Waals surface area (Å²) in [5.41, 5.74) is 0.858. The molecule has 4 heteroatoms. The number of aliphatic hydroxyl groups is 2. The second-order valence-electron chi connectivity index (χ2n) is 14.9. The van der Waals surface area contributed by atoms with E-state index in [-0.39, 0.29) is 34.2 Å². The number of carboxylic acids is 1. The van der Waals surface area contributed by atoms with E-state index in [0.29, 0.717) is 11.8 Å². The Hall–Kier alpha value is -0.870. The minimum Gasteiger partial charge on any atom is -0.481 e. The van der Waals surface area contributed by atoms with Crippen LogP contribution in [-0.4, -0.2) is 34.0 Å². The number of carbonyl (C=O) groups is 1. The lowest BCUT2D eigenvalue weighted by Gasteiger charge is -2.71. The van der Waals surface area contributed by atoms with Crippen molar-refractivity contribution in [3.8, 4) is 0 Å². The Morgan fingerprint density at radius 2 is 1.62 bits per heavy atom. The van der Waals surface area contributed by atoms with E-state index in [0.717, 1.165) is 64.2 Å². The number of hydrogen-bond donors (Lipinski definition) is 3. The van der Waals surface area contributed by atoms with Crippen LogP contribution in [0.5, 0.6) is 0 Å². The smallest absolute Gasteiger partial charge is 0.310 e. The molecule has 0 amide bonds. The van der Waals surface area contributed by atoms with E-state index in [9.17, 15) is 20.1 Å². The van der Waals surface area contributed by atoms with Gasteiger partial charge in [-0.2, -0.15) is 0 Å². The van der Waals surface area contributed by atoms with Gasteiger partial charge in [-0.25, -0.2) is 0 Å². The maximum absolute atomic E-state index is 12.8. The molecule has 0 bridgehead atoms. The Balaban J connectivity index is 1.60. The predicted octanol–water partition coefficient (Wildman–Crippen LogP) is 6.21. The highest BCUT2D eigenvalue weighted by Crippen LogP contribution is 2.75. The maximum Gasteiger partial charge on any atom is 0.310 e. The molecule has 5 rings (SSSR count). The van der Waals surface area contributed by atoms with Crippen LogP contribution in [-0.2, 0) is 4.79 Å². The van der Waals surface area contributed by atoms with Crippen molar-refractivity contribution in [1.29, 1.82) is 0 Å². The molecular formula is C30H48O4. The number of fused-ring (bicyclic) bond motifs is 7. The van der Waals surface area contributed by atoms with E-state index >= 15 is 0 Å². The first-order chi connectivity index (χ1) is 15.7. The van der Waals surface area contributed by atoms with Crippen molar-refractivity contribution in [2.75, 3.05) is 6.61 Å². The van der Waals surface area contributed by atoms with Crippen LogP contribution in [0.25, 0.3) is 0 Å². The minimum atomic E-state index is -0.588. The summed E-state index contributed by atoms with van der Waals surface area (Å²) in [6.07, 6.45) is 11.6. The van der Waals surface area contributed by atoms with Gasteiger partial charge < -0.3 is 15.3 Å². The van der Waals surface area contributed by atoms with Gasteiger partial charge in [0.25, 0.3) is 0 Å². The number of allylic oxidation sites excluding steroid dienone is 2. The van der Waals surface area contributed by atoms with Gasteiger partial charge in [0, 0.05) is 5.41 Å². The fourth-order valence-corrected chi connectivity index (χ4v) is 10.7. The van der Waals surface area contributed by atoms with Crippen molar-refractivity contribution in [2.45, 2.75) is 112 Å². The van der Waals surface area contributed by atoms with Crippen molar-refractivity contribution >= 4 is 5.97 Å². The molecule has 4 saturated carbocycles. The van der Waals surface area contributed by atoms with Crippen LogP contribution in [0.15, 0.2) is 11.6 Å². The lowest BCUT2D eigenvalue weighted by atomic mass is 9.33. The van der Waals surface area contributed by atoms with Gasteiger partial charge in [0.1, 0.15) is 0 Å². The Kier molecular flexibility index (Phi) is 5.36. The zero-order valence-corrected chi connectivity index (χ0v) is 22.4. The monoisotopic (exact) mass is 472 g/mol. The molecule has 4 fully saturated rings. The van der Waals surface area contributed by atoms with E-state index < -0.39 is 22.9 Å². The summed E-state index contributed by atoms with van der Waals surface area (Å²) in [6, 6.07) is 0. The Morgan fingerprint density at radius 1 is 0.941 bits per heavy atom. The van der Waals surface area contributed by atoms with Gasteiger partial charge in [-0.05, 0) is 104 Å². The SMILES string of the molecule is CC1(C)CC[C@]2(C(=O)O)CC[C@]3(C)C(=CCC4[C@@]5(C)CCC(O)[C@@](C)(CO)C5CC[C@]43C)C2C1. The molecular weight excluding hydrogens is 424 g/mol. The van der Waals surface area contributed by atoms with E-state index in [2.05, 4.69) is 47.6 Å². The summed E-state index contributed by atoms with van der Waals surface area (Å²) in [5, 5.41) is 31.8. The molecule has 5 aliphatic rings. The predicted molar refractivity (Wildman–Crippen MR) is 134 cm³/mol. The number of carboxylic acid groups (broad SMARTS) is 1. The zero-order valence-electron chi connectivity index (χ0n) is 22.4. The lowest BCUT2D eigenvalue weighted by molar-refractivity contribution is -0.216. The Morgan fingerprint density at radius 3 is 2.26 bits per heavy atom. The third kappa shape index (κ3) is 2.88. The molecule has 192 valence electrons. The van der Waals surface area contributed by atoms with Crippen LogP contribution in [0.2, 0.25) is 0 Å². The minimum absolute atomic E-state index is 0.0204. The van der Waals surface area contributed by atoms with E-state index in [4.69, 9.17) is 0 Å². The molecule has 5 aliphatic carbocycles. The fourth-order valence-electron chi connectivity index (χ4n) is 10.7. The van der Waals surface area contributed by atoms with Crippen LogP contribution in [0.3, 0.4) is 0 Å². The Labute approximate surface area is 206 Å². The molecule has 0 heterocycles. The van der Waals surface area contributed by atoms with Crippen molar-refractivity contribution in [1.82, 2.24) is 0 Å². The first kappa shape index (κ1) is 24.8. The molecule has 0 saturated heterocycles. The van der Waals surface area contributed by atoms with Crippen LogP contribution in [0.4, 0.5) is 0 Å². The molecule has 0 aromatic heterocycles. The van der Waals surface area contributed by atoms with Gasteiger partial charge in [0.2, 0.25) is 0 Å². The summed E-state index contributed by atoms with van der Waals surface area (Å²) in [4.78, 5) is 12.8. The molecule has 0 aromatic rings. The topological polar surface area (TPSA) is 77.8 Å². The largest absolute Gasteiger partial charge is 0.481 e. The van der Waals surface area contributed by atoms with Crippen LogP contribution in [0.1, 0.15) is 106 Å². The molecule has 3 N–H and O–H groups in total. The third-order valence-electron chi connectivity index (χ3n) is 13.2. The summed E-state index contributed by atoms with van der Waals surface area (Å²) in [6.45, 7) is 14.3. The highest BCUT2D eigenvalue weighted by atomic mass is 16.4. The summed E-state index contributed by atoms with van der Waals surface area (Å²) < 4.78 is 0. The molecule has 0 aromatic carbocycles. The standard InChI is InChI=1S/C30H48O4/c1-25(2)13-15-30(24(33)34)16-14-28(5)19(20(30)17-25)7-8-22-26(3)11-10-23(32)27(4,18-31)21(26)9-12-29(22,28)6/h7,20-23,31-32H,8-18H2,1-6H3,(H,33,34)/t20?,21?,22?,23?,26-,27-,28+,29+,30-/m0/s1. The maximum atomic E-state index is 12.8. The van der Waals surface area contributed by atoms with E-state index in [1.165, 1.54) is 5.57 Å². The summed E-state index contributed by atoms with van der Waals surface area (Å²) in [5.74, 6) is 0.395. The highest BCUT2D eigenvalue weighted by molar-refractivity contribution is 5.76. The molecule has 0 aliphatic heterocycles. The average Bonchev–Trinajstić information content (AvgIpc) is 2.76. The average molecular weight is 473 g/mol. The van der Waals surface area contributed by atoms with Gasteiger partial charge in [0.05, 0.1) is 18.1 Å². The van der Waals surface area contributed by atoms with Crippen molar-refractivity contribution in [3.63, 3.8) is 0 Å². The Bertz CT molecular complexity index is 907. The van der Waals surface area contributed by atoms with E-state index in [1.807, 2.05) is 0 Å². The molecule has 0 spiro atoms. The molecule has 34 heavy (non-hydrogen) atoms. The number of hydrogen-bond acceptors (Lipinski definition) is 3. The summed E-state index contributed by atoms with van der Waals surface area (Å²) >= 11 is 0. The van der Waals surface area contributed by atoms with Crippen LogP contribution in [0, 0.1) is 50.2 Å². The van der Waals surface area contributed by atoms with Crippen LogP contribution >= 0.6 is 0 Å². The molecule has 0 radical (unpaired) electrons. The normalized spacial score (nSPS) is 54.1. The third-order valence-corrected chi connectivity index (χ3v) is 13.2. The second kappa shape index (κ2) is 7.34. The van der Waals surface area contributed by atoms with Crippen molar-refractivity contribution < 1.29 is 20.1 Å². The van der Waals surface area contributed by atoms with Crippen molar-refractivity contribution in [2.24, 2.45) is 50.2 Å². The number of aliphatic carboxylic acids is 1. The van der Waals surface area contributed by atoms with Gasteiger partial charge in [-0.15, -0.1) is 0 Å². The molecule has 4 unspecified atom stereocenters. The second-order valence-corrected chi connectivity index (χ2v) is 14.9. The highest BCUT2D eigenvalue weighted by Gasteiger charge is 2.69. The first-order valence-electron chi connectivity index (χ1n) is 13.9. The molecule has 9 atom stereocenters. The van der Waals surface area contributed by atoms with Gasteiger partial charge in [0.15, 0.2) is 0 Å². The zero-order chi connectivity index (χ0) is 24.9.